The second kappa shape index (κ2) is 9.68. The van der Waals surface area contributed by atoms with E-state index >= 15 is 0 Å². The number of nitrogens with one attached hydrogen (secondary N) is 1. The normalized spacial score (nSPS) is 18.1. The first-order valence-corrected chi connectivity index (χ1v) is 8.52. The van der Waals surface area contributed by atoms with Gasteiger partial charge < -0.3 is 20.7 Å². The van der Waals surface area contributed by atoms with Crippen LogP contribution in [0.3, 0.4) is 0 Å². The molecule has 0 aromatic rings. The minimum absolute atomic E-state index is 0. The molecule has 0 spiro atoms. The largest absolute Gasteiger partial charge is 0.444 e. The van der Waals surface area contributed by atoms with Gasteiger partial charge in [0, 0.05) is 26.2 Å². The summed E-state index contributed by atoms with van der Waals surface area (Å²) in [6.07, 6.45) is 1.60. The van der Waals surface area contributed by atoms with Crippen LogP contribution in [-0.4, -0.2) is 48.7 Å². The van der Waals surface area contributed by atoms with Crippen LogP contribution in [0, 0.1) is 11.3 Å². The van der Waals surface area contributed by atoms with Crippen LogP contribution in [0.5, 0.6) is 0 Å². The van der Waals surface area contributed by atoms with Crippen molar-refractivity contribution in [1.29, 1.82) is 0 Å². The molecule has 0 aliphatic carbocycles. The highest BCUT2D eigenvalue weighted by molar-refractivity contribution is 14.0. The van der Waals surface area contributed by atoms with E-state index in [4.69, 9.17) is 10.5 Å². The van der Waals surface area contributed by atoms with Crippen molar-refractivity contribution in [3.63, 3.8) is 0 Å². The van der Waals surface area contributed by atoms with E-state index in [0.29, 0.717) is 31.5 Å². The van der Waals surface area contributed by atoms with Crippen molar-refractivity contribution >= 4 is 36.0 Å². The molecule has 0 aromatic carbocycles. The molecule has 1 fully saturated rings. The van der Waals surface area contributed by atoms with Crippen molar-refractivity contribution in [3.05, 3.63) is 0 Å². The summed E-state index contributed by atoms with van der Waals surface area (Å²) in [5.74, 6) is 1.05. The van der Waals surface area contributed by atoms with Crippen LogP contribution in [0.25, 0.3) is 0 Å². The molecule has 1 aliphatic heterocycles. The number of guanidine groups is 1. The molecule has 24 heavy (non-hydrogen) atoms. The van der Waals surface area contributed by atoms with Gasteiger partial charge in [-0.15, -0.1) is 24.0 Å². The number of carbonyl (C=O) groups excluding carboxylic acids is 1. The Morgan fingerprint density at radius 1 is 1.33 bits per heavy atom. The van der Waals surface area contributed by atoms with Crippen LogP contribution in [0.4, 0.5) is 4.79 Å². The summed E-state index contributed by atoms with van der Waals surface area (Å²) in [6.45, 7) is 15.1. The molecule has 0 saturated carbocycles. The van der Waals surface area contributed by atoms with Crippen molar-refractivity contribution in [2.45, 2.75) is 60.0 Å². The molecule has 1 rings (SSSR count). The molecular formula is C17H35IN4O2. The minimum atomic E-state index is -0.446. The van der Waals surface area contributed by atoms with Crippen molar-refractivity contribution in [2.24, 2.45) is 22.1 Å². The minimum Gasteiger partial charge on any atom is -0.444 e. The zero-order valence-electron chi connectivity index (χ0n) is 16.0. The number of likely N-dealkylation sites (tertiary alicyclic amines) is 1. The number of nitrogens with zero attached hydrogens (tertiary/aromatic N) is 2. The predicted molar refractivity (Wildman–Crippen MR) is 110 cm³/mol. The third-order valence-electron chi connectivity index (χ3n) is 3.94. The zero-order valence-corrected chi connectivity index (χ0v) is 18.3. The van der Waals surface area contributed by atoms with Gasteiger partial charge in [0.1, 0.15) is 5.60 Å². The maximum Gasteiger partial charge on any atom is 0.410 e. The average Bonchev–Trinajstić information content (AvgIpc) is 2.42. The number of halogens is 1. The molecule has 1 heterocycles. The van der Waals surface area contributed by atoms with E-state index in [2.05, 4.69) is 31.1 Å². The maximum absolute atomic E-state index is 12.1. The fraction of sp³-hybridized carbons (Fsp3) is 0.882. The third-order valence-corrected chi connectivity index (χ3v) is 3.94. The summed E-state index contributed by atoms with van der Waals surface area (Å²) in [7, 11) is 0. The first-order valence-electron chi connectivity index (χ1n) is 8.52. The molecule has 142 valence electrons. The highest BCUT2D eigenvalue weighted by Crippen LogP contribution is 2.31. The topological polar surface area (TPSA) is 80.0 Å². The van der Waals surface area contributed by atoms with Gasteiger partial charge in [-0.3, -0.25) is 4.99 Å². The summed E-state index contributed by atoms with van der Waals surface area (Å²) in [5.41, 5.74) is 5.54. The van der Waals surface area contributed by atoms with Gasteiger partial charge in [-0.1, -0.05) is 20.8 Å². The molecule has 0 bridgehead atoms. The number of rotatable bonds is 4. The Morgan fingerprint density at radius 2 is 1.88 bits per heavy atom. The molecule has 0 radical (unpaired) electrons. The molecule has 0 unspecified atom stereocenters. The summed E-state index contributed by atoms with van der Waals surface area (Å²) in [4.78, 5) is 18.3. The molecule has 7 heteroatoms. The van der Waals surface area contributed by atoms with Crippen molar-refractivity contribution in [2.75, 3.05) is 26.2 Å². The number of hydrogen-bond donors (Lipinski definition) is 2. The third kappa shape index (κ3) is 8.94. The number of aliphatic imine (C=N–C) groups is 1. The Morgan fingerprint density at radius 3 is 2.33 bits per heavy atom. The van der Waals surface area contributed by atoms with Crippen LogP contribution in [0.2, 0.25) is 0 Å². The molecule has 0 aromatic heterocycles. The van der Waals surface area contributed by atoms with Gasteiger partial charge in [0.15, 0.2) is 5.96 Å². The zero-order chi connectivity index (χ0) is 17.7. The van der Waals surface area contributed by atoms with E-state index in [1.165, 1.54) is 0 Å². The molecular weight excluding hydrogens is 419 g/mol. The lowest BCUT2D eigenvalue weighted by atomic mass is 9.80. The summed E-state index contributed by atoms with van der Waals surface area (Å²) in [6, 6.07) is 0. The second-order valence-electron chi connectivity index (χ2n) is 8.25. The van der Waals surface area contributed by atoms with Crippen LogP contribution in [0.1, 0.15) is 54.4 Å². The van der Waals surface area contributed by atoms with Gasteiger partial charge in [0.05, 0.1) is 0 Å². The van der Waals surface area contributed by atoms with Gasteiger partial charge in [-0.2, -0.15) is 0 Å². The number of amides is 1. The van der Waals surface area contributed by atoms with E-state index in [1.807, 2.05) is 20.8 Å². The van der Waals surface area contributed by atoms with Gasteiger partial charge in [0.2, 0.25) is 0 Å². The lowest BCUT2D eigenvalue weighted by Crippen LogP contribution is -2.45. The Kier molecular flexibility index (Phi) is 9.38. The second-order valence-corrected chi connectivity index (χ2v) is 8.25. The predicted octanol–water partition coefficient (Wildman–Crippen LogP) is 3.20. The summed E-state index contributed by atoms with van der Waals surface area (Å²) < 4.78 is 5.43. The van der Waals surface area contributed by atoms with Crippen LogP contribution < -0.4 is 11.1 Å². The first kappa shape index (κ1) is 23.3. The Balaban J connectivity index is 0.00000529. The van der Waals surface area contributed by atoms with E-state index < -0.39 is 5.60 Å². The fourth-order valence-electron chi connectivity index (χ4n) is 2.35. The quantitative estimate of drug-likeness (QED) is 0.389. The van der Waals surface area contributed by atoms with Gasteiger partial charge in [-0.05, 0) is 44.9 Å². The molecule has 1 amide bonds. The Bertz CT molecular complexity index is 425. The SMILES string of the molecule is CC(C)CNC(N)=NCC1(C)CCN(C(=O)OC(C)(C)C)CC1.I. The van der Waals surface area contributed by atoms with E-state index in [9.17, 15) is 4.79 Å². The molecule has 1 saturated heterocycles. The molecule has 3 N–H and O–H groups in total. The average molecular weight is 454 g/mol. The Labute approximate surface area is 164 Å². The van der Waals surface area contributed by atoms with Crippen molar-refractivity contribution in [1.82, 2.24) is 10.2 Å². The maximum atomic E-state index is 12.1. The number of ether oxygens (including phenoxy) is 1. The summed E-state index contributed by atoms with van der Waals surface area (Å²) >= 11 is 0. The first-order chi connectivity index (χ1) is 10.5. The van der Waals surface area contributed by atoms with Crippen molar-refractivity contribution < 1.29 is 9.53 Å². The monoisotopic (exact) mass is 454 g/mol. The molecule has 1 aliphatic rings. The van der Waals surface area contributed by atoms with Crippen LogP contribution >= 0.6 is 24.0 Å². The highest BCUT2D eigenvalue weighted by Gasteiger charge is 2.33. The lowest BCUT2D eigenvalue weighted by Gasteiger charge is -2.38. The van der Waals surface area contributed by atoms with Crippen LogP contribution in [-0.2, 0) is 4.74 Å². The number of nitrogens with two attached hydrogens (primary N) is 1. The smallest absolute Gasteiger partial charge is 0.410 e. The Hall–Kier alpha value is -0.730. The van der Waals surface area contributed by atoms with Gasteiger partial charge >= 0.3 is 6.09 Å². The number of hydrogen-bond acceptors (Lipinski definition) is 3. The summed E-state index contributed by atoms with van der Waals surface area (Å²) in [5, 5.41) is 3.13. The fourth-order valence-corrected chi connectivity index (χ4v) is 2.35. The molecule has 6 nitrogen and oxygen atoms in total. The van der Waals surface area contributed by atoms with Gasteiger partial charge in [-0.25, -0.2) is 4.79 Å². The van der Waals surface area contributed by atoms with E-state index in [-0.39, 0.29) is 35.5 Å². The van der Waals surface area contributed by atoms with E-state index in [1.54, 1.807) is 4.90 Å². The lowest BCUT2D eigenvalue weighted by molar-refractivity contribution is 0.0127. The standard InChI is InChI=1S/C17H34N4O2.HI/c1-13(2)11-19-14(18)20-12-17(6)7-9-21(10-8-17)15(22)23-16(3,4)5;/h13H,7-12H2,1-6H3,(H3,18,19,20);1H. The number of carbonyl (C=O) groups is 1. The number of piperidine rings is 1. The molecule has 0 atom stereocenters. The van der Waals surface area contributed by atoms with E-state index in [0.717, 1.165) is 19.4 Å². The van der Waals surface area contributed by atoms with Crippen LogP contribution in [0.15, 0.2) is 4.99 Å². The highest BCUT2D eigenvalue weighted by atomic mass is 127. The van der Waals surface area contributed by atoms with Gasteiger partial charge in [0.25, 0.3) is 0 Å². The van der Waals surface area contributed by atoms with Crippen molar-refractivity contribution in [3.8, 4) is 0 Å².